The molecular weight excluding hydrogens is 276 g/mol. The second-order valence-corrected chi connectivity index (χ2v) is 6.08. The molecule has 22 heavy (non-hydrogen) atoms. The number of aromatic nitrogens is 1. The van der Waals surface area contributed by atoms with Crippen molar-refractivity contribution in [2.45, 2.75) is 51.9 Å². The summed E-state index contributed by atoms with van der Waals surface area (Å²) in [4.78, 5) is 18.7. The molecule has 122 valence electrons. The molecule has 0 aliphatic carbocycles. The van der Waals surface area contributed by atoms with E-state index in [4.69, 9.17) is 4.74 Å². The zero-order chi connectivity index (χ0) is 15.8. The van der Waals surface area contributed by atoms with Gasteiger partial charge in [-0.15, -0.1) is 0 Å². The lowest BCUT2D eigenvalue weighted by atomic mass is 9.91. The predicted octanol–water partition coefficient (Wildman–Crippen LogP) is 3.30. The molecule has 1 aromatic heterocycles. The second-order valence-electron chi connectivity index (χ2n) is 6.08. The van der Waals surface area contributed by atoms with Crippen LogP contribution in [0.25, 0.3) is 0 Å². The van der Waals surface area contributed by atoms with Crippen LogP contribution in [0.3, 0.4) is 0 Å². The molecule has 0 saturated carbocycles. The van der Waals surface area contributed by atoms with Gasteiger partial charge in [-0.05, 0) is 37.8 Å². The first kappa shape index (κ1) is 16.9. The monoisotopic (exact) mass is 304 g/mol. The van der Waals surface area contributed by atoms with Gasteiger partial charge in [0.05, 0.1) is 13.2 Å². The van der Waals surface area contributed by atoms with Crippen LogP contribution in [-0.2, 0) is 9.53 Å². The largest absolute Gasteiger partial charge is 0.378 e. The first-order valence-corrected chi connectivity index (χ1v) is 8.49. The number of hydrogen-bond donors (Lipinski definition) is 0. The zero-order valence-corrected chi connectivity index (χ0v) is 13.9. The summed E-state index contributed by atoms with van der Waals surface area (Å²) in [6, 6.07) is 4.12. The van der Waals surface area contributed by atoms with Gasteiger partial charge in [0.1, 0.15) is 0 Å². The van der Waals surface area contributed by atoms with Gasteiger partial charge in [0.2, 0.25) is 5.91 Å². The number of amides is 1. The van der Waals surface area contributed by atoms with E-state index < -0.39 is 0 Å². The molecule has 0 radical (unpaired) electrons. The number of morpholine rings is 1. The van der Waals surface area contributed by atoms with Crippen LogP contribution in [0.4, 0.5) is 0 Å². The van der Waals surface area contributed by atoms with Crippen LogP contribution >= 0.6 is 0 Å². The highest BCUT2D eigenvalue weighted by atomic mass is 16.5. The van der Waals surface area contributed by atoms with Gasteiger partial charge in [0, 0.05) is 37.3 Å². The van der Waals surface area contributed by atoms with Crippen molar-refractivity contribution in [1.29, 1.82) is 0 Å². The average molecular weight is 304 g/mol. The van der Waals surface area contributed by atoms with Crippen molar-refractivity contribution in [3.8, 4) is 0 Å². The molecule has 1 atom stereocenters. The molecule has 4 nitrogen and oxygen atoms in total. The van der Waals surface area contributed by atoms with Crippen LogP contribution in [-0.4, -0.2) is 42.1 Å². The molecule has 1 fully saturated rings. The van der Waals surface area contributed by atoms with Gasteiger partial charge >= 0.3 is 0 Å². The van der Waals surface area contributed by atoms with Crippen LogP contribution in [0.5, 0.6) is 0 Å². The number of ether oxygens (including phenoxy) is 1. The molecule has 1 aliphatic heterocycles. The molecule has 2 rings (SSSR count). The fourth-order valence-corrected chi connectivity index (χ4v) is 3.16. The van der Waals surface area contributed by atoms with E-state index in [2.05, 4.69) is 24.9 Å². The maximum Gasteiger partial charge on any atom is 0.222 e. The number of carbonyl (C=O) groups is 1. The van der Waals surface area contributed by atoms with Gasteiger partial charge < -0.3 is 9.64 Å². The first-order valence-electron chi connectivity index (χ1n) is 8.49. The van der Waals surface area contributed by atoms with Crippen molar-refractivity contribution in [1.82, 2.24) is 9.88 Å². The Labute approximate surface area is 133 Å². The lowest BCUT2D eigenvalue weighted by Crippen LogP contribution is -2.40. The highest BCUT2D eigenvalue weighted by Crippen LogP contribution is 2.27. The molecule has 1 amide bonds. The Morgan fingerprint density at radius 3 is 2.82 bits per heavy atom. The van der Waals surface area contributed by atoms with Crippen LogP contribution in [0, 0.1) is 6.92 Å². The van der Waals surface area contributed by atoms with Gasteiger partial charge in [0.15, 0.2) is 0 Å². The van der Waals surface area contributed by atoms with Crippen LogP contribution in [0.15, 0.2) is 18.3 Å². The van der Waals surface area contributed by atoms with Crippen molar-refractivity contribution >= 4 is 5.91 Å². The van der Waals surface area contributed by atoms with E-state index in [-0.39, 0.29) is 5.91 Å². The highest BCUT2D eigenvalue weighted by Gasteiger charge is 2.18. The number of aryl methyl sites for hydroxylation is 1. The molecule has 0 bridgehead atoms. The molecule has 1 aromatic rings. The normalized spacial score (nSPS) is 16.5. The van der Waals surface area contributed by atoms with Crippen LogP contribution in [0.1, 0.15) is 56.2 Å². The van der Waals surface area contributed by atoms with E-state index in [1.54, 1.807) is 0 Å². The standard InChI is InChI=1S/C18H28N2O2/c1-3-6-16(18-15(2)7-5-10-19-18)8-4-9-17(21)20-11-13-22-14-12-20/h5,7,10,16H,3-4,6,8-9,11-14H2,1-2H3. The zero-order valence-electron chi connectivity index (χ0n) is 13.9. The number of hydrogen-bond acceptors (Lipinski definition) is 3. The molecule has 4 heteroatoms. The molecule has 0 aromatic carbocycles. The van der Waals surface area contributed by atoms with Crippen molar-refractivity contribution in [3.05, 3.63) is 29.6 Å². The van der Waals surface area contributed by atoms with E-state index in [0.29, 0.717) is 25.6 Å². The summed E-state index contributed by atoms with van der Waals surface area (Å²) in [6.45, 7) is 7.19. The van der Waals surface area contributed by atoms with Gasteiger partial charge in [-0.3, -0.25) is 9.78 Å². The third-order valence-corrected chi connectivity index (χ3v) is 4.38. The minimum atomic E-state index is 0.274. The van der Waals surface area contributed by atoms with Crippen LogP contribution in [0.2, 0.25) is 0 Å². The summed E-state index contributed by atoms with van der Waals surface area (Å²) in [7, 11) is 0. The van der Waals surface area contributed by atoms with Gasteiger partial charge in [-0.2, -0.15) is 0 Å². The molecule has 0 N–H and O–H groups in total. The summed E-state index contributed by atoms with van der Waals surface area (Å²) < 4.78 is 5.29. The predicted molar refractivity (Wildman–Crippen MR) is 87.9 cm³/mol. The Morgan fingerprint density at radius 2 is 2.14 bits per heavy atom. The highest BCUT2D eigenvalue weighted by molar-refractivity contribution is 5.76. The van der Waals surface area contributed by atoms with Crippen molar-refractivity contribution < 1.29 is 9.53 Å². The van der Waals surface area contributed by atoms with E-state index in [9.17, 15) is 4.79 Å². The summed E-state index contributed by atoms with van der Waals surface area (Å²) in [5.41, 5.74) is 2.48. The van der Waals surface area contributed by atoms with Crippen molar-refractivity contribution in [2.75, 3.05) is 26.3 Å². The Hall–Kier alpha value is -1.42. The minimum Gasteiger partial charge on any atom is -0.378 e. The first-order chi connectivity index (χ1) is 10.7. The average Bonchev–Trinajstić information content (AvgIpc) is 2.55. The number of carbonyl (C=O) groups excluding carboxylic acids is 1. The van der Waals surface area contributed by atoms with E-state index >= 15 is 0 Å². The number of nitrogens with zero attached hydrogens (tertiary/aromatic N) is 2. The summed E-state index contributed by atoms with van der Waals surface area (Å²) in [6.07, 6.45) is 6.80. The minimum absolute atomic E-state index is 0.274. The van der Waals surface area contributed by atoms with Gasteiger partial charge in [0.25, 0.3) is 0 Å². The van der Waals surface area contributed by atoms with Crippen molar-refractivity contribution in [3.63, 3.8) is 0 Å². The van der Waals surface area contributed by atoms with Crippen LogP contribution < -0.4 is 0 Å². The second kappa shape index (κ2) is 8.89. The Balaban J connectivity index is 1.84. The third-order valence-electron chi connectivity index (χ3n) is 4.38. The van der Waals surface area contributed by atoms with E-state index in [1.807, 2.05) is 17.2 Å². The lowest BCUT2D eigenvalue weighted by molar-refractivity contribution is -0.135. The Bertz CT molecular complexity index is 470. The maximum absolute atomic E-state index is 12.2. The maximum atomic E-state index is 12.2. The Morgan fingerprint density at radius 1 is 1.36 bits per heavy atom. The number of rotatable bonds is 7. The fourth-order valence-electron chi connectivity index (χ4n) is 3.16. The number of pyridine rings is 1. The molecule has 1 aliphatic rings. The SMILES string of the molecule is CCCC(CCCC(=O)N1CCOCC1)c1ncccc1C. The molecule has 1 unspecified atom stereocenters. The Kier molecular flexibility index (Phi) is 6.84. The van der Waals surface area contributed by atoms with E-state index in [1.165, 1.54) is 11.3 Å². The smallest absolute Gasteiger partial charge is 0.222 e. The summed E-state index contributed by atoms with van der Waals surface area (Å²) in [5, 5.41) is 0. The molecular formula is C18H28N2O2. The van der Waals surface area contributed by atoms with Gasteiger partial charge in [-0.25, -0.2) is 0 Å². The third kappa shape index (κ3) is 4.80. The molecule has 0 spiro atoms. The summed E-state index contributed by atoms with van der Waals surface area (Å²) in [5.74, 6) is 0.750. The quantitative estimate of drug-likeness (QED) is 0.776. The topological polar surface area (TPSA) is 42.4 Å². The van der Waals surface area contributed by atoms with Gasteiger partial charge in [-0.1, -0.05) is 19.4 Å². The van der Waals surface area contributed by atoms with E-state index in [0.717, 1.165) is 38.8 Å². The molecule has 2 heterocycles. The molecule has 1 saturated heterocycles. The fraction of sp³-hybridized carbons (Fsp3) is 0.667. The summed E-state index contributed by atoms with van der Waals surface area (Å²) >= 11 is 0. The lowest BCUT2D eigenvalue weighted by Gasteiger charge is -2.27. The van der Waals surface area contributed by atoms with Crippen molar-refractivity contribution in [2.24, 2.45) is 0 Å².